The summed E-state index contributed by atoms with van der Waals surface area (Å²) in [5, 5.41) is -0.391. The van der Waals surface area contributed by atoms with Crippen LogP contribution < -0.4 is 0 Å². The van der Waals surface area contributed by atoms with Crippen LogP contribution in [0.5, 0.6) is 0 Å². The number of halogens is 2. The Balaban J connectivity index is 2.24. The third-order valence-corrected chi connectivity index (χ3v) is 3.29. The number of hydrogen-bond acceptors (Lipinski definition) is 1. The molecule has 1 aromatic rings. The number of alkyl halides is 1. The topological polar surface area (TPSA) is 17.1 Å². The molecule has 0 aliphatic heterocycles. The predicted molar refractivity (Wildman–Crippen MR) is 57.9 cm³/mol. The van der Waals surface area contributed by atoms with Crippen LogP contribution in [-0.2, 0) is 0 Å². The molecular weight excluding hydrogens is 219 g/mol. The first-order chi connectivity index (χ1) is 6.68. The minimum Gasteiger partial charge on any atom is -0.276 e. The molecule has 1 atom stereocenters. The lowest BCUT2D eigenvalue weighted by Gasteiger charge is -2.08. The molecule has 1 fully saturated rings. The van der Waals surface area contributed by atoms with Crippen LogP contribution in [0.15, 0.2) is 24.3 Å². The first kappa shape index (κ1) is 10.0. The Kier molecular flexibility index (Phi) is 2.80. The van der Waals surface area contributed by atoms with Gasteiger partial charge in [-0.15, -0.1) is 11.6 Å². The molecule has 1 aromatic carbocycles. The smallest absolute Gasteiger partial charge is 0.252 e. The fourth-order valence-corrected chi connectivity index (χ4v) is 2.00. The van der Waals surface area contributed by atoms with E-state index >= 15 is 0 Å². The molecular formula is C11H10Cl2O. The fraction of sp³-hybridized carbons (Fsp3) is 0.364. The first-order valence-corrected chi connectivity index (χ1v) is 5.44. The van der Waals surface area contributed by atoms with E-state index in [1.165, 1.54) is 12.8 Å². The molecule has 1 unspecified atom stereocenters. The van der Waals surface area contributed by atoms with Gasteiger partial charge in [-0.05, 0) is 42.0 Å². The second-order valence-electron chi connectivity index (χ2n) is 3.64. The molecule has 1 nitrogen and oxygen atoms in total. The monoisotopic (exact) mass is 228 g/mol. The zero-order chi connectivity index (χ0) is 10.1. The van der Waals surface area contributed by atoms with Gasteiger partial charge in [-0.3, -0.25) is 4.79 Å². The lowest BCUT2D eigenvalue weighted by molar-refractivity contribution is 0.108. The van der Waals surface area contributed by atoms with E-state index in [0.717, 1.165) is 5.56 Å². The minimum atomic E-state index is -0.425. The van der Waals surface area contributed by atoms with E-state index in [-0.39, 0.29) is 5.38 Å². The van der Waals surface area contributed by atoms with Gasteiger partial charge < -0.3 is 0 Å². The molecule has 2 rings (SSSR count). The van der Waals surface area contributed by atoms with Crippen molar-refractivity contribution >= 4 is 28.4 Å². The normalized spacial score (nSPS) is 17.9. The van der Waals surface area contributed by atoms with Crippen molar-refractivity contribution in [1.29, 1.82) is 0 Å². The molecule has 0 spiro atoms. The van der Waals surface area contributed by atoms with Gasteiger partial charge in [0.1, 0.15) is 0 Å². The Labute approximate surface area is 93.0 Å². The van der Waals surface area contributed by atoms with E-state index in [1.807, 2.05) is 12.1 Å². The summed E-state index contributed by atoms with van der Waals surface area (Å²) in [6, 6.07) is 7.25. The highest BCUT2D eigenvalue weighted by molar-refractivity contribution is 6.67. The van der Waals surface area contributed by atoms with E-state index in [4.69, 9.17) is 23.2 Å². The zero-order valence-corrected chi connectivity index (χ0v) is 9.05. The van der Waals surface area contributed by atoms with Crippen LogP contribution in [0.2, 0.25) is 0 Å². The summed E-state index contributed by atoms with van der Waals surface area (Å²) in [6.45, 7) is 0. The maximum absolute atomic E-state index is 10.9. The van der Waals surface area contributed by atoms with Gasteiger partial charge in [-0.25, -0.2) is 0 Å². The molecule has 1 aliphatic rings. The van der Waals surface area contributed by atoms with Crippen molar-refractivity contribution in [3.05, 3.63) is 35.4 Å². The van der Waals surface area contributed by atoms with E-state index in [2.05, 4.69) is 0 Å². The molecule has 0 aromatic heterocycles. The van der Waals surface area contributed by atoms with Gasteiger partial charge in [-0.2, -0.15) is 0 Å². The number of carbonyl (C=O) groups is 1. The second kappa shape index (κ2) is 3.92. The third kappa shape index (κ3) is 2.10. The Morgan fingerprint density at radius 2 is 2.14 bits per heavy atom. The van der Waals surface area contributed by atoms with Crippen molar-refractivity contribution in [3.63, 3.8) is 0 Å². The average Bonchev–Trinajstić information content (AvgIpc) is 3.00. The van der Waals surface area contributed by atoms with Crippen LogP contribution in [0.3, 0.4) is 0 Å². The van der Waals surface area contributed by atoms with Crippen LogP contribution in [0.25, 0.3) is 0 Å². The predicted octanol–water partition coefficient (Wildman–Crippen LogP) is 3.76. The van der Waals surface area contributed by atoms with E-state index in [9.17, 15) is 4.79 Å². The molecule has 1 saturated carbocycles. The SMILES string of the molecule is O=C(Cl)c1cccc(C(Cl)C2CC2)c1. The lowest BCUT2D eigenvalue weighted by atomic mass is 10.1. The van der Waals surface area contributed by atoms with Crippen LogP contribution in [-0.4, -0.2) is 5.24 Å². The van der Waals surface area contributed by atoms with E-state index in [0.29, 0.717) is 11.5 Å². The summed E-state index contributed by atoms with van der Waals surface area (Å²) >= 11 is 11.6. The lowest BCUT2D eigenvalue weighted by Crippen LogP contribution is -1.95. The van der Waals surface area contributed by atoms with Gasteiger partial charge in [-0.1, -0.05) is 18.2 Å². The summed E-state index contributed by atoms with van der Waals surface area (Å²) < 4.78 is 0. The molecule has 0 bridgehead atoms. The van der Waals surface area contributed by atoms with Gasteiger partial charge in [0.15, 0.2) is 0 Å². The highest BCUT2D eigenvalue weighted by Gasteiger charge is 2.30. The van der Waals surface area contributed by atoms with Crippen molar-refractivity contribution in [2.75, 3.05) is 0 Å². The van der Waals surface area contributed by atoms with Gasteiger partial charge in [0.25, 0.3) is 5.24 Å². The Morgan fingerprint density at radius 1 is 1.43 bits per heavy atom. The fourth-order valence-electron chi connectivity index (χ4n) is 1.49. The van der Waals surface area contributed by atoms with E-state index in [1.54, 1.807) is 12.1 Å². The summed E-state index contributed by atoms with van der Waals surface area (Å²) in [4.78, 5) is 10.9. The number of benzene rings is 1. The quantitative estimate of drug-likeness (QED) is 0.569. The van der Waals surface area contributed by atoms with Crippen molar-refractivity contribution in [2.45, 2.75) is 18.2 Å². The maximum Gasteiger partial charge on any atom is 0.252 e. The number of rotatable bonds is 3. The number of hydrogen-bond donors (Lipinski definition) is 0. The van der Waals surface area contributed by atoms with E-state index < -0.39 is 5.24 Å². The van der Waals surface area contributed by atoms with Crippen LogP contribution >= 0.6 is 23.2 Å². The van der Waals surface area contributed by atoms with Gasteiger partial charge >= 0.3 is 0 Å². The molecule has 0 saturated heterocycles. The van der Waals surface area contributed by atoms with Crippen molar-refractivity contribution in [2.24, 2.45) is 5.92 Å². The molecule has 3 heteroatoms. The Bertz CT molecular complexity index is 358. The molecule has 74 valence electrons. The summed E-state index contributed by atoms with van der Waals surface area (Å²) in [6.07, 6.45) is 2.38. The standard InChI is InChI=1S/C11H10Cl2O/c12-10(7-4-5-7)8-2-1-3-9(6-8)11(13)14/h1-3,6-7,10H,4-5H2. The molecule has 14 heavy (non-hydrogen) atoms. The molecule has 0 N–H and O–H groups in total. The zero-order valence-electron chi connectivity index (χ0n) is 7.54. The third-order valence-electron chi connectivity index (χ3n) is 2.47. The maximum atomic E-state index is 10.9. The van der Waals surface area contributed by atoms with Crippen molar-refractivity contribution in [3.8, 4) is 0 Å². The van der Waals surface area contributed by atoms with Crippen LogP contribution in [0, 0.1) is 5.92 Å². The van der Waals surface area contributed by atoms with Crippen molar-refractivity contribution in [1.82, 2.24) is 0 Å². The highest BCUT2D eigenvalue weighted by atomic mass is 35.5. The van der Waals surface area contributed by atoms with Crippen LogP contribution in [0.4, 0.5) is 0 Å². The summed E-state index contributed by atoms with van der Waals surface area (Å²) in [5.41, 5.74) is 1.52. The Hall–Kier alpha value is -0.530. The summed E-state index contributed by atoms with van der Waals surface area (Å²) in [5.74, 6) is 0.581. The minimum absolute atomic E-state index is 0.0333. The van der Waals surface area contributed by atoms with Gasteiger partial charge in [0.05, 0.1) is 5.38 Å². The molecule has 0 radical (unpaired) electrons. The molecule has 0 heterocycles. The summed E-state index contributed by atoms with van der Waals surface area (Å²) in [7, 11) is 0. The van der Waals surface area contributed by atoms with Crippen LogP contribution in [0.1, 0.15) is 34.1 Å². The van der Waals surface area contributed by atoms with Gasteiger partial charge in [0.2, 0.25) is 0 Å². The molecule has 0 amide bonds. The highest BCUT2D eigenvalue weighted by Crippen LogP contribution is 2.45. The average molecular weight is 229 g/mol. The molecule has 1 aliphatic carbocycles. The largest absolute Gasteiger partial charge is 0.276 e. The van der Waals surface area contributed by atoms with Crippen molar-refractivity contribution < 1.29 is 4.79 Å². The second-order valence-corrected chi connectivity index (χ2v) is 4.45. The Morgan fingerprint density at radius 3 is 2.71 bits per heavy atom. The van der Waals surface area contributed by atoms with Gasteiger partial charge in [0, 0.05) is 5.56 Å². The first-order valence-electron chi connectivity index (χ1n) is 4.62. The number of carbonyl (C=O) groups excluding carboxylic acids is 1.